The molecule has 0 amide bonds. The van der Waals surface area contributed by atoms with Crippen LogP contribution in [0, 0.1) is 0 Å². The maximum absolute atomic E-state index is 12.1. The van der Waals surface area contributed by atoms with Gasteiger partial charge in [0.05, 0.1) is 6.04 Å². The second kappa shape index (κ2) is 2.89. The van der Waals surface area contributed by atoms with Crippen LogP contribution in [-0.4, -0.2) is 23.7 Å². The van der Waals surface area contributed by atoms with Crippen molar-refractivity contribution in [1.82, 2.24) is 0 Å². The summed E-state index contributed by atoms with van der Waals surface area (Å²) in [6.07, 6.45) is 0.899. The summed E-state index contributed by atoms with van der Waals surface area (Å²) in [6, 6.07) is -1.46. The minimum atomic E-state index is -3.23. The molecule has 4 heteroatoms. The molecule has 9 heavy (non-hydrogen) atoms. The van der Waals surface area contributed by atoms with E-state index in [-0.39, 0.29) is 0 Å². The van der Waals surface area contributed by atoms with Crippen LogP contribution in [0.5, 0.6) is 0 Å². The highest BCUT2D eigenvalue weighted by Crippen LogP contribution is 2.15. The second-order valence-electron chi connectivity index (χ2n) is 1.68. The lowest BCUT2D eigenvalue weighted by Crippen LogP contribution is -2.41. The first-order chi connectivity index (χ1) is 4.04. The van der Waals surface area contributed by atoms with E-state index in [0.717, 1.165) is 6.08 Å². The summed E-state index contributed by atoms with van der Waals surface area (Å²) in [5.74, 6) is -3.23. The lowest BCUT2D eigenvalue weighted by Gasteiger charge is -2.16. The number of hydrogen-bond acceptors (Lipinski definition) is 2. The summed E-state index contributed by atoms with van der Waals surface area (Å²) in [7, 11) is 0. The number of hydrogen-bond donors (Lipinski definition) is 2. The zero-order chi connectivity index (χ0) is 7.49. The Morgan fingerprint density at radius 1 is 1.78 bits per heavy atom. The molecule has 0 aliphatic heterocycles. The summed E-state index contributed by atoms with van der Waals surface area (Å²) < 4.78 is 24.2. The SMILES string of the molecule is C=C[C@@H](N)C(F)(F)CO. The van der Waals surface area contributed by atoms with E-state index in [9.17, 15) is 8.78 Å². The van der Waals surface area contributed by atoms with Gasteiger partial charge in [0.15, 0.2) is 0 Å². The van der Waals surface area contributed by atoms with Crippen LogP contribution >= 0.6 is 0 Å². The molecule has 0 bridgehead atoms. The summed E-state index contributed by atoms with van der Waals surface area (Å²) in [5, 5.41) is 8.02. The van der Waals surface area contributed by atoms with Crippen LogP contribution in [0.4, 0.5) is 8.78 Å². The van der Waals surface area contributed by atoms with Gasteiger partial charge in [-0.1, -0.05) is 6.08 Å². The van der Waals surface area contributed by atoms with E-state index in [1.165, 1.54) is 0 Å². The molecule has 0 radical (unpaired) electrons. The Labute approximate surface area is 52.0 Å². The summed E-state index contributed by atoms with van der Waals surface area (Å²) in [5.41, 5.74) is 4.83. The summed E-state index contributed by atoms with van der Waals surface area (Å²) in [6.45, 7) is 1.82. The minimum absolute atomic E-state index is 0.899. The molecular formula is C5H9F2NO. The molecule has 3 N–H and O–H groups in total. The number of aliphatic hydroxyl groups is 1. The summed E-state index contributed by atoms with van der Waals surface area (Å²) in [4.78, 5) is 0. The monoisotopic (exact) mass is 137 g/mol. The Morgan fingerprint density at radius 2 is 2.22 bits per heavy atom. The first kappa shape index (κ1) is 8.52. The first-order valence-corrected chi connectivity index (χ1v) is 2.41. The van der Waals surface area contributed by atoms with Gasteiger partial charge in [-0.05, 0) is 0 Å². The largest absolute Gasteiger partial charge is 0.390 e. The zero-order valence-electron chi connectivity index (χ0n) is 4.85. The van der Waals surface area contributed by atoms with E-state index >= 15 is 0 Å². The molecule has 0 aliphatic rings. The van der Waals surface area contributed by atoms with Crippen molar-refractivity contribution >= 4 is 0 Å². The fourth-order valence-electron chi connectivity index (χ4n) is 0.278. The predicted molar refractivity (Wildman–Crippen MR) is 30.2 cm³/mol. The number of aliphatic hydroxyl groups excluding tert-OH is 1. The van der Waals surface area contributed by atoms with Gasteiger partial charge in [0.2, 0.25) is 0 Å². The molecule has 54 valence electrons. The number of alkyl halides is 2. The van der Waals surface area contributed by atoms with Gasteiger partial charge < -0.3 is 10.8 Å². The highest BCUT2D eigenvalue weighted by molar-refractivity contribution is 4.93. The van der Waals surface area contributed by atoms with E-state index in [4.69, 9.17) is 10.8 Å². The predicted octanol–water partition coefficient (Wildman–Crippen LogP) is 0.127. The molecule has 2 nitrogen and oxygen atoms in total. The molecule has 0 rings (SSSR count). The molecule has 0 heterocycles. The molecule has 0 aromatic carbocycles. The quantitative estimate of drug-likeness (QED) is 0.543. The molecule has 0 saturated heterocycles. The van der Waals surface area contributed by atoms with Crippen LogP contribution < -0.4 is 5.73 Å². The fraction of sp³-hybridized carbons (Fsp3) is 0.600. The van der Waals surface area contributed by atoms with Gasteiger partial charge >= 0.3 is 0 Å². The zero-order valence-corrected chi connectivity index (χ0v) is 4.85. The minimum Gasteiger partial charge on any atom is -0.390 e. The summed E-state index contributed by atoms with van der Waals surface area (Å²) >= 11 is 0. The van der Waals surface area contributed by atoms with Crippen LogP contribution in [0.1, 0.15) is 0 Å². The van der Waals surface area contributed by atoms with Crippen molar-refractivity contribution in [3.8, 4) is 0 Å². The Morgan fingerprint density at radius 3 is 2.33 bits per heavy atom. The van der Waals surface area contributed by atoms with Crippen molar-refractivity contribution in [2.24, 2.45) is 5.73 Å². The maximum Gasteiger partial charge on any atom is 0.288 e. The smallest absolute Gasteiger partial charge is 0.288 e. The molecule has 0 aliphatic carbocycles. The molecule has 0 saturated carbocycles. The fourth-order valence-corrected chi connectivity index (χ4v) is 0.278. The van der Waals surface area contributed by atoms with Crippen molar-refractivity contribution in [1.29, 1.82) is 0 Å². The lowest BCUT2D eigenvalue weighted by atomic mass is 10.2. The molecule has 1 atom stereocenters. The molecule has 0 unspecified atom stereocenters. The van der Waals surface area contributed by atoms with E-state index < -0.39 is 18.6 Å². The Bertz CT molecular complexity index is 105. The van der Waals surface area contributed by atoms with Crippen LogP contribution in [-0.2, 0) is 0 Å². The van der Waals surface area contributed by atoms with Crippen LogP contribution in [0.3, 0.4) is 0 Å². The van der Waals surface area contributed by atoms with E-state index in [2.05, 4.69) is 6.58 Å². The van der Waals surface area contributed by atoms with Crippen molar-refractivity contribution in [2.75, 3.05) is 6.61 Å². The number of rotatable bonds is 3. The molecule has 0 aromatic heterocycles. The van der Waals surface area contributed by atoms with Gasteiger partial charge in [-0.3, -0.25) is 0 Å². The lowest BCUT2D eigenvalue weighted by molar-refractivity contribution is -0.0588. The topological polar surface area (TPSA) is 46.2 Å². The van der Waals surface area contributed by atoms with Gasteiger partial charge in [0, 0.05) is 0 Å². The van der Waals surface area contributed by atoms with Gasteiger partial charge in [0.25, 0.3) is 5.92 Å². The van der Waals surface area contributed by atoms with Crippen molar-refractivity contribution in [2.45, 2.75) is 12.0 Å². The van der Waals surface area contributed by atoms with Crippen molar-refractivity contribution < 1.29 is 13.9 Å². The highest BCUT2D eigenvalue weighted by atomic mass is 19.3. The van der Waals surface area contributed by atoms with Gasteiger partial charge in [-0.2, -0.15) is 0 Å². The van der Waals surface area contributed by atoms with E-state index in [1.54, 1.807) is 0 Å². The van der Waals surface area contributed by atoms with E-state index in [1.807, 2.05) is 0 Å². The third kappa shape index (κ3) is 2.07. The highest BCUT2D eigenvalue weighted by Gasteiger charge is 2.33. The Balaban J connectivity index is 3.95. The van der Waals surface area contributed by atoms with Crippen LogP contribution in [0.2, 0.25) is 0 Å². The number of nitrogens with two attached hydrogens (primary N) is 1. The maximum atomic E-state index is 12.1. The van der Waals surface area contributed by atoms with E-state index in [0.29, 0.717) is 0 Å². The Hall–Kier alpha value is -0.480. The van der Waals surface area contributed by atoms with Gasteiger partial charge in [-0.15, -0.1) is 6.58 Å². The molecule has 0 aromatic rings. The first-order valence-electron chi connectivity index (χ1n) is 2.41. The molecule has 0 fully saturated rings. The van der Waals surface area contributed by atoms with Crippen molar-refractivity contribution in [3.63, 3.8) is 0 Å². The van der Waals surface area contributed by atoms with Crippen LogP contribution in [0.15, 0.2) is 12.7 Å². The van der Waals surface area contributed by atoms with Gasteiger partial charge in [0.1, 0.15) is 6.61 Å². The van der Waals surface area contributed by atoms with Crippen LogP contribution in [0.25, 0.3) is 0 Å². The van der Waals surface area contributed by atoms with Gasteiger partial charge in [-0.25, -0.2) is 8.78 Å². The second-order valence-corrected chi connectivity index (χ2v) is 1.68. The average molecular weight is 137 g/mol. The van der Waals surface area contributed by atoms with Crippen molar-refractivity contribution in [3.05, 3.63) is 12.7 Å². The Kier molecular flexibility index (Phi) is 2.73. The number of halogens is 2. The normalized spacial score (nSPS) is 15.1. The standard InChI is InChI=1S/C5H9F2NO/c1-2-4(8)5(6,7)3-9/h2,4,9H,1,3,8H2/t4-/m1/s1. The molecular weight excluding hydrogens is 128 g/mol. The average Bonchev–Trinajstić information content (AvgIpc) is 1.86. The third-order valence-corrected chi connectivity index (χ3v) is 0.952. The molecule has 0 spiro atoms. The third-order valence-electron chi connectivity index (χ3n) is 0.952.